The number of rotatable bonds is 4. The molecule has 1 aliphatic rings. The van der Waals surface area contributed by atoms with E-state index in [-0.39, 0.29) is 11.9 Å². The van der Waals surface area contributed by atoms with Gasteiger partial charge in [-0.1, -0.05) is 29.8 Å². The highest BCUT2D eigenvalue weighted by Gasteiger charge is 2.21. The highest BCUT2D eigenvalue weighted by molar-refractivity contribution is 6.33. The summed E-state index contributed by atoms with van der Waals surface area (Å²) in [6.45, 7) is 2.28. The Morgan fingerprint density at radius 2 is 1.93 bits per heavy atom. The minimum atomic E-state index is -0.283. The molecule has 1 aliphatic heterocycles. The van der Waals surface area contributed by atoms with Gasteiger partial charge in [0.1, 0.15) is 5.82 Å². The first-order valence-electron chi connectivity index (χ1n) is 9.10. The van der Waals surface area contributed by atoms with Crippen molar-refractivity contribution in [3.8, 4) is 16.9 Å². The number of aromatic nitrogens is 2. The third-order valence-corrected chi connectivity index (χ3v) is 5.21. The van der Waals surface area contributed by atoms with Gasteiger partial charge in [-0.15, -0.1) is 0 Å². The van der Waals surface area contributed by atoms with E-state index < -0.39 is 0 Å². The number of aliphatic hydroxyl groups excluding tert-OH is 1. The fourth-order valence-corrected chi connectivity index (χ4v) is 3.77. The van der Waals surface area contributed by atoms with Crippen LogP contribution in [0.1, 0.15) is 18.4 Å². The summed E-state index contributed by atoms with van der Waals surface area (Å²) in [6, 6.07) is 13.9. The van der Waals surface area contributed by atoms with Crippen molar-refractivity contribution in [1.82, 2.24) is 14.7 Å². The molecule has 0 bridgehead atoms. The third-order valence-electron chi connectivity index (χ3n) is 4.88. The number of nitrogens with zero attached hydrogens (tertiary/aromatic N) is 3. The Balaban J connectivity index is 1.73. The summed E-state index contributed by atoms with van der Waals surface area (Å²) >= 11 is 6.42. The summed E-state index contributed by atoms with van der Waals surface area (Å²) in [5.41, 5.74) is 3.49. The third kappa shape index (κ3) is 4.05. The van der Waals surface area contributed by atoms with Crippen molar-refractivity contribution < 1.29 is 9.50 Å². The van der Waals surface area contributed by atoms with E-state index in [1.807, 2.05) is 30.5 Å². The van der Waals surface area contributed by atoms with E-state index in [0.717, 1.165) is 41.9 Å². The molecule has 0 spiro atoms. The number of hydrogen-bond acceptors (Lipinski definition) is 3. The van der Waals surface area contributed by atoms with E-state index in [9.17, 15) is 9.50 Å². The predicted molar refractivity (Wildman–Crippen MR) is 104 cm³/mol. The van der Waals surface area contributed by atoms with Crippen LogP contribution in [0.2, 0.25) is 5.02 Å². The maximum absolute atomic E-state index is 13.3. The number of halogens is 2. The lowest BCUT2D eigenvalue weighted by molar-refractivity contribution is 0.0669. The first-order valence-corrected chi connectivity index (χ1v) is 9.48. The molecule has 27 heavy (non-hydrogen) atoms. The molecule has 2 aromatic carbocycles. The molecule has 140 valence electrons. The van der Waals surface area contributed by atoms with Gasteiger partial charge < -0.3 is 5.11 Å². The van der Waals surface area contributed by atoms with Gasteiger partial charge in [-0.25, -0.2) is 9.07 Å². The zero-order chi connectivity index (χ0) is 18.8. The minimum Gasteiger partial charge on any atom is -0.392 e. The lowest BCUT2D eigenvalue weighted by Gasteiger charge is -2.29. The summed E-state index contributed by atoms with van der Waals surface area (Å²) in [5, 5.41) is 15.4. The molecule has 3 aromatic rings. The lowest BCUT2D eigenvalue weighted by Crippen LogP contribution is -2.37. The molecule has 4 rings (SSSR count). The fourth-order valence-electron chi connectivity index (χ4n) is 3.55. The topological polar surface area (TPSA) is 41.3 Å². The molecule has 1 saturated heterocycles. The van der Waals surface area contributed by atoms with E-state index in [0.29, 0.717) is 18.1 Å². The second-order valence-electron chi connectivity index (χ2n) is 6.93. The highest BCUT2D eigenvalue weighted by atomic mass is 35.5. The monoisotopic (exact) mass is 385 g/mol. The molecular formula is C21H21ClFN3O. The average Bonchev–Trinajstić information content (AvgIpc) is 3.06. The van der Waals surface area contributed by atoms with Crippen molar-refractivity contribution in [3.05, 3.63) is 71.1 Å². The van der Waals surface area contributed by atoms with Gasteiger partial charge in [0, 0.05) is 30.4 Å². The lowest BCUT2D eigenvalue weighted by atomic mass is 10.1. The van der Waals surface area contributed by atoms with Gasteiger partial charge in [-0.2, -0.15) is 5.10 Å². The van der Waals surface area contributed by atoms with E-state index in [1.165, 1.54) is 12.1 Å². The van der Waals surface area contributed by atoms with Gasteiger partial charge >= 0.3 is 0 Å². The second kappa shape index (κ2) is 7.80. The van der Waals surface area contributed by atoms with Crippen LogP contribution in [-0.2, 0) is 6.54 Å². The zero-order valence-corrected chi connectivity index (χ0v) is 15.6. The molecule has 1 N–H and O–H groups in total. The normalized spacial score (nSPS) is 18.0. The molecule has 6 heteroatoms. The van der Waals surface area contributed by atoms with Crippen molar-refractivity contribution in [2.75, 3.05) is 13.1 Å². The second-order valence-corrected chi connectivity index (χ2v) is 7.34. The van der Waals surface area contributed by atoms with Crippen molar-refractivity contribution in [2.45, 2.75) is 25.5 Å². The van der Waals surface area contributed by atoms with Gasteiger partial charge in [-0.3, -0.25) is 4.90 Å². The summed E-state index contributed by atoms with van der Waals surface area (Å²) in [6.07, 6.45) is 3.51. The number of β-amino-alcohol motifs (C(OH)–C–C–N with tert-alkyl or cyclic N) is 1. The summed E-state index contributed by atoms with van der Waals surface area (Å²) in [4.78, 5) is 2.24. The Labute approximate surface area is 162 Å². The Bertz CT molecular complexity index is 925. The van der Waals surface area contributed by atoms with Crippen LogP contribution >= 0.6 is 11.6 Å². The molecular weight excluding hydrogens is 365 g/mol. The molecule has 0 radical (unpaired) electrons. The first-order chi connectivity index (χ1) is 13.1. The van der Waals surface area contributed by atoms with Crippen LogP contribution in [0.15, 0.2) is 54.7 Å². The number of piperidine rings is 1. The molecule has 1 atom stereocenters. The Kier molecular flexibility index (Phi) is 5.25. The zero-order valence-electron chi connectivity index (χ0n) is 14.9. The van der Waals surface area contributed by atoms with E-state index in [1.54, 1.807) is 16.8 Å². The van der Waals surface area contributed by atoms with Gasteiger partial charge in [0.15, 0.2) is 0 Å². The van der Waals surface area contributed by atoms with Crippen LogP contribution in [-0.4, -0.2) is 39.0 Å². The van der Waals surface area contributed by atoms with Crippen LogP contribution in [0.5, 0.6) is 0 Å². The summed E-state index contributed by atoms with van der Waals surface area (Å²) in [7, 11) is 0. The number of benzene rings is 2. The van der Waals surface area contributed by atoms with Gasteiger partial charge in [0.2, 0.25) is 0 Å². The molecule has 0 saturated carbocycles. The molecule has 4 nitrogen and oxygen atoms in total. The van der Waals surface area contributed by atoms with Crippen LogP contribution in [0.25, 0.3) is 16.9 Å². The Hall–Kier alpha value is -2.21. The molecule has 1 aromatic heterocycles. The van der Waals surface area contributed by atoms with Crippen LogP contribution in [0, 0.1) is 5.82 Å². The minimum absolute atomic E-state index is 0.278. The summed E-state index contributed by atoms with van der Waals surface area (Å²) in [5.74, 6) is -0.278. The largest absolute Gasteiger partial charge is 0.392 e. The van der Waals surface area contributed by atoms with Crippen molar-refractivity contribution in [2.24, 2.45) is 0 Å². The number of hydrogen-bond donors (Lipinski definition) is 1. The smallest absolute Gasteiger partial charge is 0.123 e. The molecule has 1 fully saturated rings. The van der Waals surface area contributed by atoms with E-state index in [4.69, 9.17) is 16.7 Å². The highest BCUT2D eigenvalue weighted by Crippen LogP contribution is 2.31. The number of likely N-dealkylation sites (tertiary alicyclic amines) is 1. The van der Waals surface area contributed by atoms with E-state index >= 15 is 0 Å². The standard InChI is InChI=1S/C21H21ClFN3O/c22-20-6-2-1-5-19(20)21-15(12-25-11-3-4-18(27)14-25)13-26(24-21)17-9-7-16(23)8-10-17/h1-2,5-10,13,18,27H,3-4,11-12,14H2. The van der Waals surface area contributed by atoms with E-state index in [2.05, 4.69) is 4.90 Å². The fraction of sp³-hybridized carbons (Fsp3) is 0.286. The van der Waals surface area contributed by atoms with Gasteiger partial charge in [0.25, 0.3) is 0 Å². The van der Waals surface area contributed by atoms with Crippen LogP contribution in [0.4, 0.5) is 4.39 Å². The number of aliphatic hydroxyl groups is 1. The maximum Gasteiger partial charge on any atom is 0.123 e. The van der Waals surface area contributed by atoms with Crippen molar-refractivity contribution in [3.63, 3.8) is 0 Å². The quantitative estimate of drug-likeness (QED) is 0.728. The SMILES string of the molecule is OC1CCCN(Cc2cn(-c3ccc(F)cc3)nc2-c2ccccc2Cl)C1. The average molecular weight is 386 g/mol. The molecule has 0 aliphatic carbocycles. The molecule has 2 heterocycles. The van der Waals surface area contributed by atoms with Crippen molar-refractivity contribution in [1.29, 1.82) is 0 Å². The van der Waals surface area contributed by atoms with Crippen LogP contribution in [0.3, 0.4) is 0 Å². The maximum atomic E-state index is 13.3. The Morgan fingerprint density at radius 1 is 1.15 bits per heavy atom. The predicted octanol–water partition coefficient (Wildman–Crippen LogP) is 4.29. The first kappa shape index (κ1) is 18.2. The van der Waals surface area contributed by atoms with Gasteiger partial charge in [0.05, 0.1) is 22.5 Å². The molecule has 1 unspecified atom stereocenters. The van der Waals surface area contributed by atoms with Gasteiger partial charge in [-0.05, 0) is 49.7 Å². The van der Waals surface area contributed by atoms with Crippen molar-refractivity contribution >= 4 is 11.6 Å². The molecule has 0 amide bonds. The summed E-state index contributed by atoms with van der Waals surface area (Å²) < 4.78 is 15.0. The Morgan fingerprint density at radius 3 is 2.67 bits per heavy atom. The van der Waals surface area contributed by atoms with Crippen LogP contribution < -0.4 is 0 Å².